The Bertz CT molecular complexity index is 433. The topological polar surface area (TPSA) is 12.5 Å². The molecule has 1 heterocycles. The van der Waals surface area contributed by atoms with Crippen LogP contribution in [-0.2, 0) is 4.74 Å². The lowest BCUT2D eigenvalue weighted by Crippen LogP contribution is -2.26. The maximum atomic E-state index is 5.84. The van der Waals surface area contributed by atoms with Gasteiger partial charge in [0.2, 0.25) is 0 Å². The molecule has 1 heteroatoms. The molecule has 0 aromatic carbocycles. The third-order valence-electron chi connectivity index (χ3n) is 5.38. The lowest BCUT2D eigenvalue weighted by Gasteiger charge is -2.34. The Morgan fingerprint density at radius 3 is 3.05 bits per heavy atom. The summed E-state index contributed by atoms with van der Waals surface area (Å²) in [4.78, 5) is 0. The molecule has 0 radical (unpaired) electrons. The predicted molar refractivity (Wildman–Crippen MR) is 80.0 cm³/mol. The summed E-state index contributed by atoms with van der Waals surface area (Å²) in [5.41, 5.74) is 2.24. The van der Waals surface area contributed by atoms with Gasteiger partial charge in [-0.25, -0.2) is 0 Å². The van der Waals surface area contributed by atoms with Gasteiger partial charge in [-0.15, -0.1) is 6.58 Å². The van der Waals surface area contributed by atoms with Crippen molar-refractivity contribution in [1.82, 2.24) is 0 Å². The van der Waals surface area contributed by atoms with Crippen LogP contribution in [0.5, 0.6) is 0 Å². The van der Waals surface area contributed by atoms with E-state index in [4.69, 9.17) is 4.74 Å². The van der Waals surface area contributed by atoms with Crippen LogP contribution in [0.25, 0.3) is 0 Å². The Hall–Kier alpha value is -0.820. The summed E-state index contributed by atoms with van der Waals surface area (Å²) in [7, 11) is 0. The maximum Gasteiger partial charge on any atom is 0.0920 e. The van der Waals surface area contributed by atoms with Crippen molar-refractivity contribution < 1.29 is 4.74 Å². The first-order valence-electron chi connectivity index (χ1n) is 7.72. The second-order valence-electron chi connectivity index (χ2n) is 7.15. The van der Waals surface area contributed by atoms with Gasteiger partial charge in [-0.2, -0.15) is 0 Å². The molecule has 0 N–H and O–H groups in total. The van der Waals surface area contributed by atoms with Crippen LogP contribution in [0.4, 0.5) is 0 Å². The molecule has 0 bridgehead atoms. The van der Waals surface area contributed by atoms with Crippen molar-refractivity contribution in [2.24, 2.45) is 11.3 Å². The molecule has 1 aliphatic heterocycles. The molecule has 4 atom stereocenters. The minimum atomic E-state index is 0.244. The molecule has 0 spiro atoms. The summed E-state index contributed by atoms with van der Waals surface area (Å²) in [6, 6.07) is 0. The standard InChI is InChI=1S/C18H26O/c1-4-5-9-17(2)10-6-7-15(13-17)14-8-11-18(3)16(12-14)19-18/h4,6-7,10,14,16H,1,5,8-9,11-13H2,2-3H3. The highest BCUT2D eigenvalue weighted by Crippen LogP contribution is 2.52. The van der Waals surface area contributed by atoms with E-state index < -0.39 is 0 Å². The van der Waals surface area contributed by atoms with Crippen molar-refractivity contribution in [3.63, 3.8) is 0 Å². The first-order chi connectivity index (χ1) is 9.05. The van der Waals surface area contributed by atoms with Crippen molar-refractivity contribution in [3.8, 4) is 0 Å². The summed E-state index contributed by atoms with van der Waals surface area (Å²) in [6.07, 6.45) is 17.0. The molecular weight excluding hydrogens is 232 g/mol. The van der Waals surface area contributed by atoms with E-state index in [0.29, 0.717) is 11.5 Å². The van der Waals surface area contributed by atoms with Crippen LogP contribution in [0.2, 0.25) is 0 Å². The number of ether oxygens (including phenoxy) is 1. The normalized spacial score (nSPS) is 44.4. The second-order valence-corrected chi connectivity index (χ2v) is 7.15. The molecule has 1 nitrogen and oxygen atoms in total. The Labute approximate surface area is 117 Å². The van der Waals surface area contributed by atoms with E-state index in [1.165, 1.54) is 32.1 Å². The van der Waals surface area contributed by atoms with E-state index in [1.807, 2.05) is 6.08 Å². The van der Waals surface area contributed by atoms with E-state index >= 15 is 0 Å². The molecule has 2 aliphatic carbocycles. The molecule has 0 aromatic rings. The molecule has 0 aromatic heterocycles. The smallest absolute Gasteiger partial charge is 0.0920 e. The fraction of sp³-hybridized carbons (Fsp3) is 0.667. The van der Waals surface area contributed by atoms with Crippen molar-refractivity contribution in [2.45, 2.75) is 64.1 Å². The van der Waals surface area contributed by atoms with E-state index in [1.54, 1.807) is 5.57 Å². The van der Waals surface area contributed by atoms with Gasteiger partial charge in [0.05, 0.1) is 11.7 Å². The minimum absolute atomic E-state index is 0.244. The lowest BCUT2D eigenvalue weighted by molar-refractivity contribution is 0.301. The first-order valence-corrected chi connectivity index (χ1v) is 7.72. The number of hydrogen-bond acceptors (Lipinski definition) is 1. The van der Waals surface area contributed by atoms with Crippen LogP contribution in [0.3, 0.4) is 0 Å². The molecule has 3 rings (SSSR count). The fourth-order valence-corrected chi connectivity index (χ4v) is 3.85. The molecule has 1 saturated heterocycles. The van der Waals surface area contributed by atoms with Crippen molar-refractivity contribution in [3.05, 3.63) is 36.5 Å². The van der Waals surface area contributed by atoms with E-state index in [9.17, 15) is 0 Å². The highest BCUT2D eigenvalue weighted by Gasteiger charge is 2.55. The van der Waals surface area contributed by atoms with Crippen LogP contribution in [0.1, 0.15) is 52.4 Å². The van der Waals surface area contributed by atoms with Gasteiger partial charge in [-0.3, -0.25) is 0 Å². The third kappa shape index (κ3) is 2.58. The summed E-state index contributed by atoms with van der Waals surface area (Å²) in [5, 5.41) is 0. The van der Waals surface area contributed by atoms with Gasteiger partial charge in [-0.05, 0) is 56.8 Å². The molecule has 2 fully saturated rings. The SMILES string of the molecule is C=CCCC1(C)C=CC=C(C2CCC3(C)OC3C2)C1. The van der Waals surface area contributed by atoms with Gasteiger partial charge in [0.15, 0.2) is 0 Å². The summed E-state index contributed by atoms with van der Waals surface area (Å²) < 4.78 is 5.84. The molecule has 1 saturated carbocycles. The Kier molecular flexibility index (Phi) is 3.21. The largest absolute Gasteiger partial charge is 0.366 e. The van der Waals surface area contributed by atoms with Crippen LogP contribution < -0.4 is 0 Å². The van der Waals surface area contributed by atoms with Gasteiger partial charge in [0.1, 0.15) is 0 Å². The third-order valence-corrected chi connectivity index (χ3v) is 5.38. The van der Waals surface area contributed by atoms with Crippen LogP contribution >= 0.6 is 0 Å². The second kappa shape index (κ2) is 4.63. The van der Waals surface area contributed by atoms with Crippen LogP contribution in [-0.4, -0.2) is 11.7 Å². The molecule has 3 aliphatic rings. The maximum absolute atomic E-state index is 5.84. The van der Waals surface area contributed by atoms with Crippen molar-refractivity contribution >= 4 is 0 Å². The van der Waals surface area contributed by atoms with Crippen LogP contribution in [0.15, 0.2) is 36.5 Å². The average Bonchev–Trinajstić information content (AvgIpc) is 3.07. The molecule has 4 unspecified atom stereocenters. The number of rotatable bonds is 4. The van der Waals surface area contributed by atoms with Gasteiger partial charge >= 0.3 is 0 Å². The summed E-state index contributed by atoms with van der Waals surface area (Å²) >= 11 is 0. The van der Waals surface area contributed by atoms with Gasteiger partial charge < -0.3 is 4.74 Å². The summed E-state index contributed by atoms with van der Waals surface area (Å²) in [5.74, 6) is 0.758. The first kappa shape index (κ1) is 13.2. The Morgan fingerprint density at radius 1 is 1.47 bits per heavy atom. The van der Waals surface area contributed by atoms with Crippen molar-refractivity contribution in [1.29, 1.82) is 0 Å². The number of fused-ring (bicyclic) bond motifs is 1. The molecule has 0 amide bonds. The minimum Gasteiger partial charge on any atom is -0.366 e. The fourth-order valence-electron chi connectivity index (χ4n) is 3.85. The van der Waals surface area contributed by atoms with Gasteiger partial charge in [0, 0.05) is 0 Å². The Morgan fingerprint density at radius 2 is 2.32 bits per heavy atom. The van der Waals surface area contributed by atoms with Crippen LogP contribution in [0, 0.1) is 11.3 Å². The number of hydrogen-bond donors (Lipinski definition) is 0. The highest BCUT2D eigenvalue weighted by molar-refractivity contribution is 5.27. The monoisotopic (exact) mass is 258 g/mol. The molecular formula is C18H26O. The quantitative estimate of drug-likeness (QED) is 0.521. The van der Waals surface area contributed by atoms with E-state index in [0.717, 1.165) is 12.3 Å². The molecule has 104 valence electrons. The van der Waals surface area contributed by atoms with E-state index in [2.05, 4.69) is 38.7 Å². The zero-order valence-corrected chi connectivity index (χ0v) is 12.3. The zero-order valence-electron chi connectivity index (χ0n) is 12.3. The van der Waals surface area contributed by atoms with Gasteiger partial charge in [-0.1, -0.05) is 36.8 Å². The number of allylic oxidation sites excluding steroid dienone is 5. The van der Waals surface area contributed by atoms with Gasteiger partial charge in [0.25, 0.3) is 0 Å². The zero-order chi connectivity index (χ0) is 13.5. The highest BCUT2D eigenvalue weighted by atomic mass is 16.6. The average molecular weight is 258 g/mol. The lowest BCUT2D eigenvalue weighted by atomic mass is 9.70. The molecule has 19 heavy (non-hydrogen) atoms. The predicted octanol–water partition coefficient (Wildman–Crippen LogP) is 4.80. The number of epoxide rings is 1. The van der Waals surface area contributed by atoms with E-state index in [-0.39, 0.29) is 5.60 Å². The Balaban J connectivity index is 1.64. The summed E-state index contributed by atoms with van der Waals surface area (Å²) in [6.45, 7) is 8.52. The van der Waals surface area contributed by atoms with Crippen molar-refractivity contribution in [2.75, 3.05) is 0 Å².